The van der Waals surface area contributed by atoms with E-state index in [1.165, 1.54) is 24.6 Å². The van der Waals surface area contributed by atoms with Crippen LogP contribution in [0.3, 0.4) is 0 Å². The molecule has 1 atom stereocenters. The van der Waals surface area contributed by atoms with E-state index >= 15 is 0 Å². The number of nitrogen functional groups attached to an aromatic ring is 1. The van der Waals surface area contributed by atoms with Crippen molar-refractivity contribution >= 4 is 65.5 Å². The van der Waals surface area contributed by atoms with Crippen LogP contribution in [0, 0.1) is 5.41 Å². The van der Waals surface area contributed by atoms with E-state index in [4.69, 9.17) is 28.3 Å². The van der Waals surface area contributed by atoms with E-state index in [0.29, 0.717) is 33.0 Å². The monoisotopic (exact) mass is 492 g/mol. The molecule has 1 aromatic carbocycles. The lowest BCUT2D eigenvalue weighted by molar-refractivity contribution is 0.197. The van der Waals surface area contributed by atoms with E-state index in [2.05, 4.69) is 20.3 Å². The number of rotatable bonds is 4. The first-order valence-electron chi connectivity index (χ1n) is 9.52. The van der Waals surface area contributed by atoms with Gasteiger partial charge >= 0.3 is 0 Å². The molecule has 11 heteroatoms. The van der Waals surface area contributed by atoms with Crippen molar-refractivity contribution in [3.8, 4) is 0 Å². The Bertz CT molecular complexity index is 866. The van der Waals surface area contributed by atoms with Gasteiger partial charge in [0, 0.05) is 24.0 Å². The zero-order chi connectivity index (χ0) is 19.7. The Morgan fingerprint density at radius 3 is 2.57 bits per heavy atom. The highest BCUT2D eigenvalue weighted by Gasteiger charge is 2.43. The van der Waals surface area contributed by atoms with Crippen LogP contribution in [0.1, 0.15) is 32.1 Å². The standard InChI is InChI=1S/C19H25ClN6OS.2ClH/c20-16-12(25-27)3-1-4-13(16)28-18-17(22)24-15(11-23-18)26-9-7-19(8-10-26)6-2-5-14(19)21;;/h1,3-4,11,14,25,27H,2,5-10,21H2,(H2,22,24);2*1H. The fraction of sp³-hybridized carbons (Fsp3) is 0.474. The fourth-order valence-corrected chi connectivity index (χ4v) is 5.46. The summed E-state index contributed by atoms with van der Waals surface area (Å²) in [6.07, 6.45) is 7.61. The first kappa shape index (κ1) is 25.1. The van der Waals surface area contributed by atoms with Crippen molar-refractivity contribution in [3.63, 3.8) is 0 Å². The molecule has 6 N–H and O–H groups in total. The van der Waals surface area contributed by atoms with Crippen LogP contribution in [0.15, 0.2) is 34.3 Å². The van der Waals surface area contributed by atoms with Crippen LogP contribution in [0.5, 0.6) is 0 Å². The number of halogens is 3. The summed E-state index contributed by atoms with van der Waals surface area (Å²) < 4.78 is 0. The van der Waals surface area contributed by atoms with Gasteiger partial charge in [0.05, 0.1) is 16.9 Å². The second-order valence-electron chi connectivity index (χ2n) is 7.60. The van der Waals surface area contributed by atoms with E-state index in [1.807, 2.05) is 6.07 Å². The van der Waals surface area contributed by atoms with Crippen molar-refractivity contribution in [3.05, 3.63) is 29.4 Å². The molecule has 2 fully saturated rings. The normalized spacial score (nSPS) is 19.8. The van der Waals surface area contributed by atoms with Gasteiger partial charge in [-0.25, -0.2) is 9.97 Å². The van der Waals surface area contributed by atoms with Gasteiger partial charge in [-0.05, 0) is 43.2 Å². The highest BCUT2D eigenvalue weighted by molar-refractivity contribution is 7.99. The van der Waals surface area contributed by atoms with Crippen LogP contribution in [0.25, 0.3) is 0 Å². The third kappa shape index (κ3) is 4.84. The van der Waals surface area contributed by atoms with Gasteiger partial charge in [-0.15, -0.1) is 24.8 Å². The number of hydrogen-bond donors (Lipinski definition) is 4. The number of piperidine rings is 1. The Kier molecular flexibility index (Phi) is 8.73. The molecule has 2 aliphatic rings. The Labute approximate surface area is 198 Å². The van der Waals surface area contributed by atoms with Gasteiger partial charge < -0.3 is 16.4 Å². The number of nitrogens with two attached hydrogens (primary N) is 2. The molecule has 1 aromatic heterocycles. The summed E-state index contributed by atoms with van der Waals surface area (Å²) in [5.74, 6) is 1.18. The van der Waals surface area contributed by atoms with E-state index in [9.17, 15) is 0 Å². The van der Waals surface area contributed by atoms with E-state index in [1.54, 1.807) is 18.3 Å². The van der Waals surface area contributed by atoms with Crippen molar-refractivity contribution in [2.75, 3.05) is 29.2 Å². The molecule has 1 saturated carbocycles. The average Bonchev–Trinajstić information content (AvgIpc) is 3.05. The van der Waals surface area contributed by atoms with Crippen LogP contribution in [0.2, 0.25) is 5.02 Å². The SMILES string of the molecule is Cl.Cl.Nc1nc(N2CCC3(CCCC3N)CC2)cnc1Sc1cccc(NO)c1Cl. The van der Waals surface area contributed by atoms with Crippen LogP contribution < -0.4 is 21.8 Å². The molecule has 1 unspecified atom stereocenters. The predicted molar refractivity (Wildman–Crippen MR) is 128 cm³/mol. The molecule has 1 aliphatic carbocycles. The van der Waals surface area contributed by atoms with Gasteiger partial charge in [-0.3, -0.25) is 10.7 Å². The van der Waals surface area contributed by atoms with Gasteiger partial charge in [0.25, 0.3) is 0 Å². The van der Waals surface area contributed by atoms with Crippen molar-refractivity contribution in [1.29, 1.82) is 0 Å². The molecule has 4 rings (SSSR count). The lowest BCUT2D eigenvalue weighted by Gasteiger charge is -2.42. The second kappa shape index (κ2) is 10.4. The largest absolute Gasteiger partial charge is 0.381 e. The summed E-state index contributed by atoms with van der Waals surface area (Å²) in [7, 11) is 0. The summed E-state index contributed by atoms with van der Waals surface area (Å²) in [4.78, 5) is 12.1. The second-order valence-corrected chi connectivity index (χ2v) is 9.01. The van der Waals surface area contributed by atoms with Crippen molar-refractivity contribution < 1.29 is 5.21 Å². The van der Waals surface area contributed by atoms with Gasteiger partial charge in [-0.2, -0.15) is 0 Å². The number of aromatic nitrogens is 2. The third-order valence-electron chi connectivity index (χ3n) is 6.10. The lowest BCUT2D eigenvalue weighted by atomic mass is 9.74. The molecule has 7 nitrogen and oxygen atoms in total. The number of hydrogen-bond acceptors (Lipinski definition) is 8. The molecule has 30 heavy (non-hydrogen) atoms. The molecule has 1 spiro atoms. The fourth-order valence-electron chi connectivity index (χ4n) is 4.36. The maximum atomic E-state index is 9.13. The Balaban J connectivity index is 0.00000160. The lowest BCUT2D eigenvalue weighted by Crippen LogP contribution is -2.47. The van der Waals surface area contributed by atoms with Crippen LogP contribution in [-0.2, 0) is 0 Å². The molecule has 1 saturated heterocycles. The molecule has 2 heterocycles. The average molecular weight is 494 g/mol. The highest BCUT2D eigenvalue weighted by Crippen LogP contribution is 2.46. The van der Waals surface area contributed by atoms with E-state index < -0.39 is 0 Å². The quantitative estimate of drug-likeness (QED) is 0.457. The van der Waals surface area contributed by atoms with Crippen LogP contribution in [0.4, 0.5) is 17.3 Å². The first-order valence-corrected chi connectivity index (χ1v) is 10.7. The third-order valence-corrected chi connectivity index (χ3v) is 7.69. The van der Waals surface area contributed by atoms with Gasteiger partial charge in [0.15, 0.2) is 5.82 Å². The topological polar surface area (TPSA) is 113 Å². The molecule has 166 valence electrons. The highest BCUT2D eigenvalue weighted by atomic mass is 35.5. The minimum absolute atomic E-state index is 0. The summed E-state index contributed by atoms with van der Waals surface area (Å²) in [5.41, 5.74) is 15.4. The predicted octanol–water partition coefficient (Wildman–Crippen LogP) is 4.61. The number of nitrogens with one attached hydrogen (secondary N) is 1. The minimum Gasteiger partial charge on any atom is -0.381 e. The Morgan fingerprint density at radius 1 is 1.23 bits per heavy atom. The zero-order valence-corrected chi connectivity index (χ0v) is 19.6. The van der Waals surface area contributed by atoms with Gasteiger partial charge in [0.1, 0.15) is 10.8 Å². The molecule has 2 aromatic rings. The van der Waals surface area contributed by atoms with Gasteiger partial charge in [0.2, 0.25) is 0 Å². The van der Waals surface area contributed by atoms with Crippen molar-refractivity contribution in [2.24, 2.45) is 11.1 Å². The zero-order valence-electron chi connectivity index (χ0n) is 16.4. The first-order chi connectivity index (χ1) is 13.5. The number of benzene rings is 1. The summed E-state index contributed by atoms with van der Waals surface area (Å²) in [5, 5.41) is 10.1. The Morgan fingerprint density at radius 2 is 1.97 bits per heavy atom. The summed E-state index contributed by atoms with van der Waals surface area (Å²) >= 11 is 7.61. The maximum absolute atomic E-state index is 9.13. The molecule has 1 aliphatic heterocycles. The Hall–Kier alpha value is -1.16. The number of nitrogens with zero attached hydrogens (tertiary/aromatic N) is 3. The molecular formula is C19H27Cl3N6OS. The smallest absolute Gasteiger partial charge is 0.158 e. The summed E-state index contributed by atoms with van der Waals surface area (Å²) in [6.45, 7) is 1.87. The van der Waals surface area contributed by atoms with E-state index in [-0.39, 0.29) is 24.8 Å². The van der Waals surface area contributed by atoms with Crippen LogP contribution >= 0.6 is 48.2 Å². The van der Waals surface area contributed by atoms with E-state index in [0.717, 1.165) is 43.1 Å². The van der Waals surface area contributed by atoms with Gasteiger partial charge in [-0.1, -0.05) is 35.9 Å². The summed E-state index contributed by atoms with van der Waals surface area (Å²) in [6, 6.07) is 5.66. The van der Waals surface area contributed by atoms with Crippen molar-refractivity contribution in [1.82, 2.24) is 9.97 Å². The molecular weight excluding hydrogens is 467 g/mol. The molecule has 0 bridgehead atoms. The maximum Gasteiger partial charge on any atom is 0.158 e. The van der Waals surface area contributed by atoms with Crippen LogP contribution in [-0.4, -0.2) is 34.3 Å². The molecule has 0 radical (unpaired) electrons. The molecule has 0 amide bonds. The van der Waals surface area contributed by atoms with Crippen molar-refractivity contribution in [2.45, 2.75) is 48.1 Å². The minimum atomic E-state index is 0. The number of anilines is 3.